The summed E-state index contributed by atoms with van der Waals surface area (Å²) >= 11 is 8.96. The van der Waals surface area contributed by atoms with Crippen molar-refractivity contribution in [1.82, 2.24) is 0 Å². The van der Waals surface area contributed by atoms with Gasteiger partial charge in [0.25, 0.3) is 0 Å². The van der Waals surface area contributed by atoms with Crippen LogP contribution in [0.15, 0.2) is 53.0 Å². The first-order valence-electron chi connectivity index (χ1n) is 5.81. The molecule has 19 heavy (non-hydrogen) atoms. The van der Waals surface area contributed by atoms with Crippen LogP contribution in [0.2, 0.25) is 5.02 Å². The van der Waals surface area contributed by atoms with Crippen molar-refractivity contribution in [1.29, 1.82) is 0 Å². The Labute approximate surface area is 126 Å². The lowest BCUT2D eigenvalue weighted by molar-refractivity contribution is 0.112. The Hall–Kier alpha value is -1.16. The van der Waals surface area contributed by atoms with E-state index in [0.29, 0.717) is 12.1 Å². The van der Waals surface area contributed by atoms with Crippen LogP contribution in [0.5, 0.6) is 0 Å². The molecular formula is C15H15BrClNO. The zero-order valence-corrected chi connectivity index (χ0v) is 12.7. The molecule has 2 N–H and O–H groups in total. The van der Waals surface area contributed by atoms with Crippen LogP contribution >= 0.6 is 27.5 Å². The Morgan fingerprint density at radius 3 is 2.42 bits per heavy atom. The lowest BCUT2D eigenvalue weighted by Crippen LogP contribution is -2.02. The molecule has 0 aliphatic heterocycles. The monoisotopic (exact) mass is 339 g/mol. The minimum absolute atomic E-state index is 0.681. The van der Waals surface area contributed by atoms with E-state index in [-0.39, 0.29) is 0 Å². The van der Waals surface area contributed by atoms with Crippen LogP contribution in [0.3, 0.4) is 0 Å². The minimum atomic E-state index is 0.681. The first-order valence-corrected chi connectivity index (χ1v) is 6.98. The molecule has 0 saturated carbocycles. The topological polar surface area (TPSA) is 43.1 Å². The van der Waals surface area contributed by atoms with E-state index in [4.69, 9.17) is 17.3 Å². The molecule has 2 aromatic rings. The van der Waals surface area contributed by atoms with Gasteiger partial charge in [-0.05, 0) is 36.7 Å². The van der Waals surface area contributed by atoms with E-state index in [1.807, 2.05) is 42.5 Å². The number of hydrogen-bond acceptors (Lipinski definition) is 2. The number of halogens is 2. The smallest absolute Gasteiger partial charge is 0.151 e. The molecule has 100 valence electrons. The van der Waals surface area contributed by atoms with Gasteiger partial charge in [0.15, 0.2) is 6.29 Å². The van der Waals surface area contributed by atoms with Crippen LogP contribution in [-0.2, 0) is 6.42 Å². The van der Waals surface area contributed by atoms with Gasteiger partial charge in [-0.2, -0.15) is 0 Å². The van der Waals surface area contributed by atoms with Crippen molar-refractivity contribution in [3.8, 4) is 0 Å². The third kappa shape index (κ3) is 6.01. The van der Waals surface area contributed by atoms with E-state index in [1.165, 1.54) is 5.56 Å². The molecular weight excluding hydrogens is 326 g/mol. The molecule has 0 radical (unpaired) electrons. The molecule has 0 aromatic heterocycles. The fraction of sp³-hybridized carbons (Fsp3) is 0.133. The molecule has 0 unspecified atom stereocenters. The van der Waals surface area contributed by atoms with Crippen molar-refractivity contribution in [2.24, 2.45) is 5.73 Å². The van der Waals surface area contributed by atoms with E-state index < -0.39 is 0 Å². The van der Waals surface area contributed by atoms with Gasteiger partial charge in [0.2, 0.25) is 0 Å². The van der Waals surface area contributed by atoms with E-state index in [1.54, 1.807) is 6.07 Å². The van der Waals surface area contributed by atoms with Gasteiger partial charge in [-0.15, -0.1) is 0 Å². The summed E-state index contributed by atoms with van der Waals surface area (Å²) in [6.45, 7) is 0.681. The molecule has 2 nitrogen and oxygen atoms in total. The zero-order valence-electron chi connectivity index (χ0n) is 10.4. The summed E-state index contributed by atoms with van der Waals surface area (Å²) in [4.78, 5) is 10.2. The normalized spacial score (nSPS) is 9.42. The van der Waals surface area contributed by atoms with Crippen LogP contribution in [-0.4, -0.2) is 12.8 Å². The second kappa shape index (κ2) is 8.86. The van der Waals surface area contributed by atoms with Gasteiger partial charge in [0, 0.05) is 15.1 Å². The standard InChI is InChI=1S/C8H10ClN.C7H5BrO/c9-8-3-1-2-7(6-8)4-5-10;8-7-4-2-1-3-6(7)5-9/h1-3,6H,4-5,10H2;1-5H. The lowest BCUT2D eigenvalue weighted by atomic mass is 10.2. The number of rotatable bonds is 3. The van der Waals surface area contributed by atoms with Crippen LogP contribution in [0.1, 0.15) is 15.9 Å². The average Bonchev–Trinajstić information content (AvgIpc) is 2.40. The van der Waals surface area contributed by atoms with Crippen molar-refractivity contribution in [3.05, 3.63) is 69.2 Å². The maximum Gasteiger partial charge on any atom is 0.151 e. The summed E-state index contributed by atoms with van der Waals surface area (Å²) in [6.07, 6.45) is 1.73. The van der Waals surface area contributed by atoms with Gasteiger partial charge in [-0.1, -0.05) is 57.9 Å². The Bertz CT molecular complexity index is 531. The highest BCUT2D eigenvalue weighted by Crippen LogP contribution is 2.12. The van der Waals surface area contributed by atoms with E-state index >= 15 is 0 Å². The van der Waals surface area contributed by atoms with Crippen LogP contribution in [0.4, 0.5) is 0 Å². The predicted octanol–water partition coefficient (Wildman–Crippen LogP) is 4.10. The molecule has 0 saturated heterocycles. The van der Waals surface area contributed by atoms with Crippen LogP contribution in [0.25, 0.3) is 0 Å². The third-order valence-corrected chi connectivity index (χ3v) is 3.31. The first kappa shape index (κ1) is 15.9. The second-order valence-electron chi connectivity index (χ2n) is 3.81. The first-order chi connectivity index (χ1) is 9.17. The number of benzene rings is 2. The van der Waals surface area contributed by atoms with Crippen molar-refractivity contribution >= 4 is 33.8 Å². The largest absolute Gasteiger partial charge is 0.330 e. The Morgan fingerprint density at radius 1 is 1.16 bits per heavy atom. The number of carbonyl (C=O) groups is 1. The predicted molar refractivity (Wildman–Crippen MR) is 83.7 cm³/mol. The molecule has 2 aromatic carbocycles. The lowest BCUT2D eigenvalue weighted by Gasteiger charge is -1.96. The summed E-state index contributed by atoms with van der Waals surface area (Å²) in [5.74, 6) is 0. The van der Waals surface area contributed by atoms with Crippen molar-refractivity contribution in [3.63, 3.8) is 0 Å². The Balaban J connectivity index is 0.000000191. The van der Waals surface area contributed by atoms with Gasteiger partial charge in [0.1, 0.15) is 0 Å². The number of nitrogens with two attached hydrogens (primary N) is 1. The molecule has 0 spiro atoms. The fourth-order valence-electron chi connectivity index (χ4n) is 1.43. The molecule has 0 aliphatic carbocycles. The summed E-state index contributed by atoms with van der Waals surface area (Å²) in [7, 11) is 0. The molecule has 2 rings (SSSR count). The summed E-state index contributed by atoms with van der Waals surface area (Å²) in [6, 6.07) is 15.1. The maximum atomic E-state index is 10.2. The van der Waals surface area contributed by atoms with E-state index in [0.717, 1.165) is 22.2 Å². The number of carbonyl (C=O) groups excluding carboxylic acids is 1. The van der Waals surface area contributed by atoms with Crippen molar-refractivity contribution in [2.75, 3.05) is 6.54 Å². The van der Waals surface area contributed by atoms with Gasteiger partial charge < -0.3 is 5.73 Å². The van der Waals surface area contributed by atoms with Crippen molar-refractivity contribution < 1.29 is 4.79 Å². The molecule has 0 amide bonds. The Morgan fingerprint density at radius 2 is 1.89 bits per heavy atom. The van der Waals surface area contributed by atoms with Crippen LogP contribution < -0.4 is 5.73 Å². The quantitative estimate of drug-likeness (QED) is 0.855. The molecule has 0 bridgehead atoms. The molecule has 0 fully saturated rings. The molecule has 0 aliphatic rings. The highest BCUT2D eigenvalue weighted by molar-refractivity contribution is 9.10. The Kier molecular flexibility index (Phi) is 7.41. The summed E-state index contributed by atoms with van der Waals surface area (Å²) < 4.78 is 0.847. The fourth-order valence-corrected chi connectivity index (χ4v) is 2.02. The van der Waals surface area contributed by atoms with E-state index in [9.17, 15) is 4.79 Å². The molecule has 0 atom stereocenters. The zero-order chi connectivity index (χ0) is 14.1. The highest BCUT2D eigenvalue weighted by Gasteiger charge is 1.92. The number of aldehydes is 1. The maximum absolute atomic E-state index is 10.2. The number of hydrogen-bond donors (Lipinski definition) is 1. The highest BCUT2D eigenvalue weighted by atomic mass is 79.9. The third-order valence-electron chi connectivity index (χ3n) is 2.35. The molecule has 0 heterocycles. The van der Waals surface area contributed by atoms with Gasteiger partial charge in [0.05, 0.1) is 0 Å². The van der Waals surface area contributed by atoms with Gasteiger partial charge in [-0.25, -0.2) is 0 Å². The van der Waals surface area contributed by atoms with E-state index in [2.05, 4.69) is 15.9 Å². The SMILES string of the molecule is NCCc1cccc(Cl)c1.O=Cc1ccccc1Br. The minimum Gasteiger partial charge on any atom is -0.330 e. The summed E-state index contributed by atoms with van der Waals surface area (Å²) in [5, 5.41) is 0.783. The average molecular weight is 341 g/mol. The van der Waals surface area contributed by atoms with Crippen molar-refractivity contribution in [2.45, 2.75) is 6.42 Å². The summed E-state index contributed by atoms with van der Waals surface area (Å²) in [5.41, 5.74) is 7.26. The van der Waals surface area contributed by atoms with Crippen LogP contribution in [0, 0.1) is 0 Å². The van der Waals surface area contributed by atoms with Gasteiger partial charge >= 0.3 is 0 Å². The second-order valence-corrected chi connectivity index (χ2v) is 5.10. The van der Waals surface area contributed by atoms with Gasteiger partial charge in [-0.3, -0.25) is 4.79 Å². The molecule has 4 heteroatoms.